The molecule has 0 aliphatic carbocycles. The number of methoxy groups -OCH3 is 1. The van der Waals surface area contributed by atoms with Gasteiger partial charge in [0.25, 0.3) is 11.5 Å². The van der Waals surface area contributed by atoms with Gasteiger partial charge in [0.1, 0.15) is 11.5 Å². The van der Waals surface area contributed by atoms with E-state index >= 15 is 0 Å². The fourth-order valence-corrected chi connectivity index (χ4v) is 5.49. The summed E-state index contributed by atoms with van der Waals surface area (Å²) >= 11 is 1.20. The van der Waals surface area contributed by atoms with Gasteiger partial charge in [0.15, 0.2) is 4.80 Å². The maximum absolute atomic E-state index is 13.9. The minimum absolute atomic E-state index is 0.318. The molecule has 0 fully saturated rings. The molecule has 196 valence electrons. The molecular weight excluding hydrogens is 514 g/mol. The van der Waals surface area contributed by atoms with E-state index in [1.165, 1.54) is 22.8 Å². The summed E-state index contributed by atoms with van der Waals surface area (Å²) in [6.07, 6.45) is 1.67. The molecule has 8 nitrogen and oxygen atoms in total. The average Bonchev–Trinajstić information content (AvgIpc) is 3.23. The predicted octanol–water partition coefficient (Wildman–Crippen LogP) is 3.81. The Hall–Kier alpha value is -4.76. The van der Waals surface area contributed by atoms with Crippen LogP contribution in [-0.4, -0.2) is 23.6 Å². The highest BCUT2D eigenvalue weighted by Crippen LogP contribution is 2.32. The van der Waals surface area contributed by atoms with Crippen molar-refractivity contribution in [1.29, 1.82) is 0 Å². The van der Waals surface area contributed by atoms with Crippen molar-refractivity contribution in [2.45, 2.75) is 19.9 Å². The van der Waals surface area contributed by atoms with Gasteiger partial charge in [-0.25, -0.2) is 4.99 Å². The summed E-state index contributed by atoms with van der Waals surface area (Å²) in [5.41, 5.74) is 2.45. The lowest BCUT2D eigenvalue weighted by molar-refractivity contribution is -0.131. The summed E-state index contributed by atoms with van der Waals surface area (Å²) in [6, 6.07) is 22.6. The maximum Gasteiger partial charge on any atom is 0.308 e. The number of fused-ring (bicyclic) bond motifs is 1. The molecule has 2 heterocycles. The normalized spacial score (nSPS) is 14.8. The lowest BCUT2D eigenvalue weighted by Crippen LogP contribution is -2.40. The average molecular weight is 540 g/mol. The van der Waals surface area contributed by atoms with Crippen LogP contribution >= 0.6 is 11.3 Å². The highest BCUT2D eigenvalue weighted by molar-refractivity contribution is 7.07. The molecular formula is C30H25N3O5S. The summed E-state index contributed by atoms with van der Waals surface area (Å²) < 4.78 is 12.7. The Morgan fingerprint density at radius 1 is 1.03 bits per heavy atom. The van der Waals surface area contributed by atoms with Crippen LogP contribution in [-0.2, 0) is 9.59 Å². The Morgan fingerprint density at radius 3 is 2.51 bits per heavy atom. The standard InChI is InChI=1S/C30H25N3O5S/c1-18-26(28(35)32-22-12-5-4-6-13-22)27(21-11-9-14-23(16-21)37-3)33-29(36)25(39-30(33)31-18)17-20-10-7-8-15-24(20)38-19(2)34/h4-17,27H,1-3H3,(H,32,35)/b25-17-/t27-/m0/s1. The topological polar surface area (TPSA) is 99.0 Å². The number of aromatic nitrogens is 1. The molecule has 0 saturated heterocycles. The number of anilines is 1. The van der Waals surface area contributed by atoms with Crippen LogP contribution in [0.15, 0.2) is 99.9 Å². The second kappa shape index (κ2) is 10.9. The number of amides is 1. The van der Waals surface area contributed by atoms with E-state index in [1.54, 1.807) is 62.6 Å². The van der Waals surface area contributed by atoms with Gasteiger partial charge in [0.2, 0.25) is 0 Å². The van der Waals surface area contributed by atoms with Crippen molar-refractivity contribution >= 4 is 35.0 Å². The number of hydrogen-bond donors (Lipinski definition) is 1. The molecule has 1 atom stereocenters. The van der Waals surface area contributed by atoms with Crippen LogP contribution < -0.4 is 29.7 Å². The quantitative estimate of drug-likeness (QED) is 0.297. The number of nitrogens with one attached hydrogen (secondary N) is 1. The van der Waals surface area contributed by atoms with Crippen LogP contribution in [0.3, 0.4) is 0 Å². The van der Waals surface area contributed by atoms with E-state index in [9.17, 15) is 14.4 Å². The number of benzene rings is 3. The van der Waals surface area contributed by atoms with Crippen molar-refractivity contribution in [2.75, 3.05) is 12.4 Å². The fraction of sp³-hybridized carbons (Fsp3) is 0.133. The van der Waals surface area contributed by atoms with Gasteiger partial charge in [-0.1, -0.05) is 59.9 Å². The first-order valence-corrected chi connectivity index (χ1v) is 13.0. The van der Waals surface area contributed by atoms with E-state index in [2.05, 4.69) is 10.3 Å². The Labute approximate surface area is 228 Å². The van der Waals surface area contributed by atoms with Crippen molar-refractivity contribution < 1.29 is 19.1 Å². The zero-order valence-electron chi connectivity index (χ0n) is 21.5. The zero-order valence-corrected chi connectivity index (χ0v) is 22.3. The van der Waals surface area contributed by atoms with E-state index in [1.807, 2.05) is 36.4 Å². The van der Waals surface area contributed by atoms with Crippen LogP contribution in [0.2, 0.25) is 0 Å². The van der Waals surface area contributed by atoms with Crippen LogP contribution in [0.4, 0.5) is 5.69 Å². The molecule has 1 aliphatic rings. The molecule has 4 aromatic rings. The monoisotopic (exact) mass is 539 g/mol. The van der Waals surface area contributed by atoms with Gasteiger partial charge >= 0.3 is 5.97 Å². The zero-order chi connectivity index (χ0) is 27.5. The lowest BCUT2D eigenvalue weighted by Gasteiger charge is -2.25. The third kappa shape index (κ3) is 5.30. The third-order valence-electron chi connectivity index (χ3n) is 6.17. The molecule has 39 heavy (non-hydrogen) atoms. The highest BCUT2D eigenvalue weighted by atomic mass is 32.1. The predicted molar refractivity (Wildman–Crippen MR) is 150 cm³/mol. The molecule has 0 radical (unpaired) electrons. The fourth-order valence-electron chi connectivity index (χ4n) is 4.45. The number of ether oxygens (including phenoxy) is 2. The summed E-state index contributed by atoms with van der Waals surface area (Å²) in [7, 11) is 1.56. The van der Waals surface area contributed by atoms with Gasteiger partial charge in [-0.15, -0.1) is 0 Å². The Morgan fingerprint density at radius 2 is 1.77 bits per heavy atom. The number of rotatable bonds is 6. The number of nitrogens with zero attached hydrogens (tertiary/aromatic N) is 2. The van der Waals surface area contributed by atoms with Crippen LogP contribution in [0.5, 0.6) is 11.5 Å². The highest BCUT2D eigenvalue weighted by Gasteiger charge is 2.32. The first kappa shape index (κ1) is 25.9. The van der Waals surface area contributed by atoms with Gasteiger partial charge in [0.05, 0.1) is 29.0 Å². The molecule has 0 bridgehead atoms. The smallest absolute Gasteiger partial charge is 0.308 e. The molecule has 1 aromatic heterocycles. The minimum atomic E-state index is -0.745. The van der Waals surface area contributed by atoms with Gasteiger partial charge in [-0.3, -0.25) is 19.0 Å². The minimum Gasteiger partial charge on any atom is -0.497 e. The van der Waals surface area contributed by atoms with Gasteiger partial charge < -0.3 is 14.8 Å². The number of carbonyl (C=O) groups excluding carboxylic acids is 2. The van der Waals surface area contributed by atoms with Crippen molar-refractivity contribution in [3.63, 3.8) is 0 Å². The number of para-hydroxylation sites is 2. The van der Waals surface area contributed by atoms with E-state index in [0.717, 1.165) is 0 Å². The van der Waals surface area contributed by atoms with Crippen LogP contribution in [0, 0.1) is 0 Å². The maximum atomic E-state index is 13.9. The Balaban J connectivity index is 1.69. The number of esters is 1. The van der Waals surface area contributed by atoms with Crippen LogP contribution in [0.25, 0.3) is 6.08 Å². The number of hydrogen-bond acceptors (Lipinski definition) is 7. The first-order chi connectivity index (χ1) is 18.9. The number of carbonyl (C=O) groups is 2. The second-order valence-electron chi connectivity index (χ2n) is 8.81. The lowest BCUT2D eigenvalue weighted by atomic mass is 9.95. The van der Waals surface area contributed by atoms with E-state index in [4.69, 9.17) is 9.47 Å². The molecule has 3 aromatic carbocycles. The molecule has 9 heteroatoms. The van der Waals surface area contributed by atoms with Crippen molar-refractivity contribution in [3.05, 3.63) is 121 Å². The number of thiazole rings is 1. The van der Waals surface area contributed by atoms with Crippen LogP contribution in [0.1, 0.15) is 31.0 Å². The van der Waals surface area contributed by atoms with Gasteiger partial charge in [-0.2, -0.15) is 0 Å². The Bertz CT molecular complexity index is 1790. The summed E-state index contributed by atoms with van der Waals surface area (Å²) in [5, 5.41) is 2.94. The second-order valence-corrected chi connectivity index (χ2v) is 9.82. The summed E-state index contributed by atoms with van der Waals surface area (Å²) in [5.74, 6) is 0.131. The van der Waals surface area contributed by atoms with Crippen molar-refractivity contribution in [2.24, 2.45) is 4.99 Å². The van der Waals surface area contributed by atoms with E-state index in [0.29, 0.717) is 48.9 Å². The van der Waals surface area contributed by atoms with Gasteiger partial charge in [-0.05, 0) is 48.9 Å². The van der Waals surface area contributed by atoms with E-state index in [-0.39, 0.29) is 11.5 Å². The molecule has 1 N–H and O–H groups in total. The first-order valence-electron chi connectivity index (χ1n) is 12.2. The molecule has 0 spiro atoms. The summed E-state index contributed by atoms with van der Waals surface area (Å²) in [6.45, 7) is 3.09. The number of allylic oxidation sites excluding steroid dienone is 1. The summed E-state index contributed by atoms with van der Waals surface area (Å²) in [4.78, 5) is 44.3. The Kier molecular flexibility index (Phi) is 7.25. The third-order valence-corrected chi connectivity index (χ3v) is 7.15. The van der Waals surface area contributed by atoms with E-state index < -0.39 is 12.0 Å². The molecule has 1 aliphatic heterocycles. The van der Waals surface area contributed by atoms with Gasteiger partial charge in [0, 0.05) is 18.2 Å². The largest absolute Gasteiger partial charge is 0.497 e. The molecule has 5 rings (SSSR count). The SMILES string of the molecule is COc1cccc([C@H]2C(C(=O)Nc3ccccc3)=C(C)N=c3s/c(=C\c4ccccc4OC(C)=O)c(=O)n32)c1. The van der Waals surface area contributed by atoms with Crippen molar-refractivity contribution in [1.82, 2.24) is 4.57 Å². The molecule has 1 amide bonds. The van der Waals surface area contributed by atoms with Crippen molar-refractivity contribution in [3.8, 4) is 11.5 Å². The molecule has 0 saturated carbocycles. The molecule has 0 unspecified atom stereocenters.